The van der Waals surface area contributed by atoms with Crippen molar-refractivity contribution in [2.45, 2.75) is 18.6 Å². The van der Waals surface area contributed by atoms with Gasteiger partial charge in [-0.05, 0) is 18.6 Å². The highest BCUT2D eigenvalue weighted by Crippen LogP contribution is 2.36. The van der Waals surface area contributed by atoms with Crippen LogP contribution in [0.4, 0.5) is 9.52 Å². The quantitative estimate of drug-likeness (QED) is 0.740. The standard InChI is InChI=1S/C18H20FN5O2S/c1-25-15-6-10(19)2-3-11(15)14-7-21-17-24(14)22-18(27-17)23-8-12-13(20)4-5-26-16(12)9-23/h2-3,6-7,12-13,16H,4-5,8-9,20H2,1H3/t12?,13-,16?/m0/s1. The lowest BCUT2D eigenvalue weighted by atomic mass is 9.93. The fourth-order valence-corrected chi connectivity index (χ4v) is 4.88. The van der Waals surface area contributed by atoms with E-state index in [0.29, 0.717) is 11.7 Å². The Balaban J connectivity index is 1.49. The Morgan fingerprint density at radius 2 is 2.26 bits per heavy atom. The second kappa shape index (κ2) is 6.43. The average molecular weight is 389 g/mol. The number of ether oxygens (including phenoxy) is 2. The highest BCUT2D eigenvalue weighted by Gasteiger charge is 2.41. The molecule has 5 rings (SSSR count). The molecule has 2 fully saturated rings. The number of fused-ring (bicyclic) bond motifs is 2. The number of nitrogens with zero attached hydrogens (tertiary/aromatic N) is 4. The van der Waals surface area contributed by atoms with Crippen LogP contribution >= 0.6 is 11.3 Å². The van der Waals surface area contributed by atoms with E-state index in [-0.39, 0.29) is 18.0 Å². The highest BCUT2D eigenvalue weighted by molar-refractivity contribution is 7.20. The molecule has 3 aromatic rings. The van der Waals surface area contributed by atoms with Gasteiger partial charge in [0, 0.05) is 43.3 Å². The molecule has 0 amide bonds. The average Bonchev–Trinajstić information content (AvgIpc) is 3.35. The van der Waals surface area contributed by atoms with Crippen LogP contribution in [0.5, 0.6) is 5.75 Å². The Kier molecular flexibility index (Phi) is 4.03. The molecule has 0 aliphatic carbocycles. The van der Waals surface area contributed by atoms with E-state index in [0.717, 1.165) is 47.5 Å². The van der Waals surface area contributed by atoms with E-state index >= 15 is 0 Å². The van der Waals surface area contributed by atoms with Crippen LogP contribution in [0.1, 0.15) is 6.42 Å². The number of anilines is 1. The van der Waals surface area contributed by atoms with Crippen molar-refractivity contribution in [3.63, 3.8) is 0 Å². The van der Waals surface area contributed by atoms with E-state index < -0.39 is 0 Å². The van der Waals surface area contributed by atoms with Crippen molar-refractivity contribution >= 4 is 21.4 Å². The number of hydrogen-bond acceptors (Lipinski definition) is 7. The number of nitrogens with two attached hydrogens (primary N) is 1. The largest absolute Gasteiger partial charge is 0.496 e. The van der Waals surface area contributed by atoms with Gasteiger partial charge >= 0.3 is 0 Å². The third-order valence-corrected chi connectivity index (χ3v) is 6.41. The van der Waals surface area contributed by atoms with Crippen LogP contribution in [0.15, 0.2) is 24.4 Å². The summed E-state index contributed by atoms with van der Waals surface area (Å²) in [6.07, 6.45) is 2.81. The van der Waals surface area contributed by atoms with Crippen molar-refractivity contribution in [3.8, 4) is 17.0 Å². The second-order valence-corrected chi connectivity index (χ2v) is 7.93. The van der Waals surface area contributed by atoms with Crippen LogP contribution in [-0.2, 0) is 4.74 Å². The second-order valence-electron chi connectivity index (χ2n) is 7.00. The number of hydrogen-bond donors (Lipinski definition) is 1. The van der Waals surface area contributed by atoms with Gasteiger partial charge in [0.1, 0.15) is 11.6 Å². The highest BCUT2D eigenvalue weighted by atomic mass is 32.1. The van der Waals surface area contributed by atoms with E-state index in [1.807, 2.05) is 0 Å². The Labute approximate surface area is 159 Å². The molecule has 27 heavy (non-hydrogen) atoms. The lowest BCUT2D eigenvalue weighted by Crippen LogP contribution is -2.43. The normalized spacial score (nSPS) is 25.1. The van der Waals surface area contributed by atoms with Crippen LogP contribution in [0.2, 0.25) is 0 Å². The number of methoxy groups -OCH3 is 1. The van der Waals surface area contributed by atoms with Crippen LogP contribution in [0.3, 0.4) is 0 Å². The minimum absolute atomic E-state index is 0.168. The zero-order chi connectivity index (χ0) is 18.5. The number of imidazole rings is 1. The summed E-state index contributed by atoms with van der Waals surface area (Å²) in [5.74, 6) is 0.455. The van der Waals surface area contributed by atoms with Crippen molar-refractivity contribution in [2.24, 2.45) is 11.7 Å². The van der Waals surface area contributed by atoms with E-state index in [4.69, 9.17) is 20.3 Å². The van der Waals surface area contributed by atoms with Gasteiger partial charge in [-0.25, -0.2) is 13.9 Å². The Morgan fingerprint density at radius 3 is 3.07 bits per heavy atom. The predicted octanol–water partition coefficient (Wildman–Crippen LogP) is 2.16. The fourth-order valence-electron chi connectivity index (χ4n) is 3.98. The molecule has 0 saturated carbocycles. The summed E-state index contributed by atoms with van der Waals surface area (Å²) in [6.45, 7) is 2.37. The zero-order valence-electron chi connectivity index (χ0n) is 14.8. The van der Waals surface area contributed by atoms with Gasteiger partial charge in [0.25, 0.3) is 0 Å². The molecule has 2 saturated heterocycles. The third-order valence-electron chi connectivity index (χ3n) is 5.43. The summed E-state index contributed by atoms with van der Waals surface area (Å²) in [5.41, 5.74) is 7.80. The monoisotopic (exact) mass is 389 g/mol. The summed E-state index contributed by atoms with van der Waals surface area (Å²) in [7, 11) is 1.53. The Bertz CT molecular complexity index is 989. The summed E-state index contributed by atoms with van der Waals surface area (Å²) in [6, 6.07) is 4.64. The number of aromatic nitrogens is 3. The molecular formula is C18H20FN5O2S. The maximum atomic E-state index is 13.5. The minimum atomic E-state index is -0.341. The first-order valence-corrected chi connectivity index (χ1v) is 9.76. The van der Waals surface area contributed by atoms with Crippen molar-refractivity contribution < 1.29 is 13.9 Å². The Morgan fingerprint density at radius 1 is 1.37 bits per heavy atom. The van der Waals surface area contributed by atoms with E-state index in [1.165, 1.54) is 30.6 Å². The molecule has 2 aromatic heterocycles. The van der Waals surface area contributed by atoms with Gasteiger partial charge in [-0.3, -0.25) is 0 Å². The molecule has 2 aliphatic heterocycles. The van der Waals surface area contributed by atoms with Gasteiger partial charge in [0.2, 0.25) is 10.1 Å². The van der Waals surface area contributed by atoms with E-state index in [9.17, 15) is 4.39 Å². The van der Waals surface area contributed by atoms with Crippen LogP contribution < -0.4 is 15.4 Å². The zero-order valence-corrected chi connectivity index (χ0v) is 15.7. The molecule has 7 nitrogen and oxygen atoms in total. The van der Waals surface area contributed by atoms with Gasteiger partial charge in [0.15, 0.2) is 0 Å². The topological polar surface area (TPSA) is 77.9 Å². The first-order valence-electron chi connectivity index (χ1n) is 8.94. The summed E-state index contributed by atoms with van der Waals surface area (Å²) in [4.78, 5) is 7.49. The number of rotatable bonds is 3. The van der Waals surface area contributed by atoms with Crippen LogP contribution in [0, 0.1) is 11.7 Å². The van der Waals surface area contributed by atoms with Crippen molar-refractivity contribution in [2.75, 3.05) is 31.7 Å². The molecular weight excluding hydrogens is 369 g/mol. The molecule has 2 unspecified atom stereocenters. The maximum Gasteiger partial charge on any atom is 0.214 e. The maximum absolute atomic E-state index is 13.5. The molecule has 0 bridgehead atoms. The van der Waals surface area contributed by atoms with Crippen LogP contribution in [-0.4, -0.2) is 53.6 Å². The van der Waals surface area contributed by atoms with E-state index in [2.05, 4.69) is 9.88 Å². The van der Waals surface area contributed by atoms with Gasteiger partial charge in [-0.1, -0.05) is 11.3 Å². The summed E-state index contributed by atoms with van der Waals surface area (Å²) >= 11 is 1.53. The fraction of sp³-hybridized carbons (Fsp3) is 0.444. The lowest BCUT2D eigenvalue weighted by Gasteiger charge is -2.29. The summed E-state index contributed by atoms with van der Waals surface area (Å²) < 4.78 is 26.6. The molecule has 1 aromatic carbocycles. The van der Waals surface area contributed by atoms with Gasteiger partial charge in [0.05, 0.1) is 25.1 Å². The van der Waals surface area contributed by atoms with Gasteiger partial charge < -0.3 is 20.1 Å². The molecule has 0 radical (unpaired) electrons. The van der Waals surface area contributed by atoms with E-state index in [1.54, 1.807) is 16.8 Å². The summed E-state index contributed by atoms with van der Waals surface area (Å²) in [5, 5.41) is 5.66. The first-order chi connectivity index (χ1) is 13.1. The molecule has 9 heteroatoms. The molecule has 2 N–H and O–H groups in total. The molecule has 0 spiro atoms. The van der Waals surface area contributed by atoms with Crippen LogP contribution in [0.25, 0.3) is 16.2 Å². The van der Waals surface area contributed by atoms with Crippen molar-refractivity contribution in [1.29, 1.82) is 0 Å². The third kappa shape index (κ3) is 2.77. The van der Waals surface area contributed by atoms with Gasteiger partial charge in [-0.15, -0.1) is 5.10 Å². The molecule has 2 aliphatic rings. The van der Waals surface area contributed by atoms with Crippen molar-refractivity contribution in [1.82, 2.24) is 14.6 Å². The predicted molar refractivity (Wildman–Crippen MR) is 101 cm³/mol. The van der Waals surface area contributed by atoms with Gasteiger partial charge in [-0.2, -0.15) is 0 Å². The Hall–Kier alpha value is -2.23. The smallest absolute Gasteiger partial charge is 0.214 e. The molecule has 3 atom stereocenters. The number of benzene rings is 1. The lowest BCUT2D eigenvalue weighted by molar-refractivity contribution is -0.00904. The first kappa shape index (κ1) is 16.9. The number of halogens is 1. The minimum Gasteiger partial charge on any atom is -0.496 e. The van der Waals surface area contributed by atoms with Crippen molar-refractivity contribution in [3.05, 3.63) is 30.2 Å². The SMILES string of the molecule is COc1cc(F)ccc1-c1cnc2sc(N3CC4OCC[C@H](N)C4C3)nn12. The molecule has 4 heterocycles. The molecule has 142 valence electrons.